The lowest BCUT2D eigenvalue weighted by molar-refractivity contribution is -0.146. The predicted octanol–water partition coefficient (Wildman–Crippen LogP) is 3.38. The standard InChI is InChI=1S/C17H21ClFNO3/c1-3-23-17(22)10-16(21)11-6-7-20(2)15(8-11)13-5-4-12(19)9-14(13)18/h4-5,9,11,15H,3,6-8,10H2,1-2H3. The molecule has 1 aliphatic rings. The van der Waals surface area contributed by atoms with E-state index in [1.165, 1.54) is 12.1 Å². The number of esters is 1. The first-order chi connectivity index (χ1) is 10.9. The lowest BCUT2D eigenvalue weighted by atomic mass is 9.84. The molecule has 1 aromatic carbocycles. The van der Waals surface area contributed by atoms with E-state index in [0.717, 1.165) is 12.1 Å². The average molecular weight is 342 g/mol. The van der Waals surface area contributed by atoms with E-state index in [2.05, 4.69) is 4.90 Å². The summed E-state index contributed by atoms with van der Waals surface area (Å²) in [6.45, 7) is 2.70. The van der Waals surface area contributed by atoms with Gasteiger partial charge >= 0.3 is 5.97 Å². The maximum atomic E-state index is 13.2. The van der Waals surface area contributed by atoms with Gasteiger partial charge in [0, 0.05) is 17.0 Å². The molecule has 1 fully saturated rings. The summed E-state index contributed by atoms with van der Waals surface area (Å²) in [5, 5.41) is 0.361. The van der Waals surface area contributed by atoms with Gasteiger partial charge in [-0.25, -0.2) is 4.39 Å². The Morgan fingerprint density at radius 2 is 2.17 bits per heavy atom. The maximum absolute atomic E-state index is 13.2. The van der Waals surface area contributed by atoms with E-state index in [1.807, 2.05) is 7.05 Å². The van der Waals surface area contributed by atoms with Crippen LogP contribution in [0.4, 0.5) is 4.39 Å². The minimum Gasteiger partial charge on any atom is -0.466 e. The molecule has 2 unspecified atom stereocenters. The Balaban J connectivity index is 2.09. The molecule has 2 rings (SSSR count). The van der Waals surface area contributed by atoms with Crippen molar-refractivity contribution in [3.8, 4) is 0 Å². The molecule has 1 aromatic rings. The van der Waals surface area contributed by atoms with Crippen LogP contribution >= 0.6 is 11.6 Å². The Kier molecular flexibility index (Phi) is 6.13. The summed E-state index contributed by atoms with van der Waals surface area (Å²) in [7, 11) is 1.95. The number of Topliss-reactive ketones (excluding diaryl/α,β-unsaturated/α-hetero) is 1. The number of likely N-dealkylation sites (tertiary alicyclic amines) is 1. The van der Waals surface area contributed by atoms with Crippen LogP contribution in [-0.4, -0.2) is 36.9 Å². The number of carbonyl (C=O) groups is 2. The van der Waals surface area contributed by atoms with Crippen LogP contribution in [0.3, 0.4) is 0 Å². The number of halogens is 2. The van der Waals surface area contributed by atoms with Crippen LogP contribution in [-0.2, 0) is 14.3 Å². The van der Waals surface area contributed by atoms with Crippen molar-refractivity contribution < 1.29 is 18.7 Å². The van der Waals surface area contributed by atoms with Crippen LogP contribution in [0.25, 0.3) is 0 Å². The average Bonchev–Trinajstić information content (AvgIpc) is 2.48. The number of ketones is 1. The molecule has 0 N–H and O–H groups in total. The quantitative estimate of drug-likeness (QED) is 0.608. The van der Waals surface area contributed by atoms with Crippen molar-refractivity contribution in [2.45, 2.75) is 32.2 Å². The van der Waals surface area contributed by atoms with Gasteiger partial charge in [-0.2, -0.15) is 0 Å². The summed E-state index contributed by atoms with van der Waals surface area (Å²) in [6, 6.07) is 4.26. The minimum atomic E-state index is -0.479. The van der Waals surface area contributed by atoms with E-state index >= 15 is 0 Å². The molecule has 0 amide bonds. The van der Waals surface area contributed by atoms with Gasteiger partial charge in [-0.1, -0.05) is 17.7 Å². The smallest absolute Gasteiger partial charge is 0.313 e. The molecule has 0 bridgehead atoms. The molecule has 0 radical (unpaired) electrons. The summed E-state index contributed by atoms with van der Waals surface area (Å²) in [6.07, 6.45) is 1.08. The fraction of sp³-hybridized carbons (Fsp3) is 0.529. The van der Waals surface area contributed by atoms with E-state index in [9.17, 15) is 14.0 Å². The molecule has 1 aliphatic heterocycles. The van der Waals surface area contributed by atoms with Gasteiger partial charge in [-0.05, 0) is 51.1 Å². The summed E-state index contributed by atoms with van der Waals surface area (Å²) in [5.74, 6) is -1.17. The van der Waals surface area contributed by atoms with Gasteiger partial charge in [0.15, 0.2) is 0 Å². The molecule has 1 saturated heterocycles. The molecule has 4 nitrogen and oxygen atoms in total. The van der Waals surface area contributed by atoms with Crippen molar-refractivity contribution in [3.63, 3.8) is 0 Å². The molecule has 1 heterocycles. The molecule has 0 spiro atoms. The number of hydrogen-bond acceptors (Lipinski definition) is 4. The summed E-state index contributed by atoms with van der Waals surface area (Å²) in [4.78, 5) is 25.9. The fourth-order valence-electron chi connectivity index (χ4n) is 3.01. The number of ether oxygens (including phenoxy) is 1. The summed E-state index contributed by atoms with van der Waals surface area (Å²) in [5.41, 5.74) is 0.809. The first-order valence-corrected chi connectivity index (χ1v) is 8.13. The topological polar surface area (TPSA) is 46.6 Å². The van der Waals surface area contributed by atoms with Gasteiger partial charge in [-0.15, -0.1) is 0 Å². The first-order valence-electron chi connectivity index (χ1n) is 7.75. The molecule has 0 aliphatic carbocycles. The van der Waals surface area contributed by atoms with E-state index in [0.29, 0.717) is 17.9 Å². The SMILES string of the molecule is CCOC(=O)CC(=O)C1CCN(C)C(c2ccc(F)cc2Cl)C1. The zero-order valence-electron chi connectivity index (χ0n) is 13.4. The van der Waals surface area contributed by atoms with E-state index in [1.54, 1.807) is 13.0 Å². The molecule has 23 heavy (non-hydrogen) atoms. The highest BCUT2D eigenvalue weighted by Crippen LogP contribution is 2.37. The third-order valence-electron chi connectivity index (χ3n) is 4.27. The fourth-order valence-corrected chi connectivity index (χ4v) is 3.30. The highest BCUT2D eigenvalue weighted by Gasteiger charge is 2.33. The summed E-state index contributed by atoms with van der Waals surface area (Å²) >= 11 is 6.16. The summed E-state index contributed by atoms with van der Waals surface area (Å²) < 4.78 is 18.1. The number of hydrogen-bond donors (Lipinski definition) is 0. The lowest BCUT2D eigenvalue weighted by Crippen LogP contribution is -2.37. The van der Waals surface area contributed by atoms with Crippen LogP contribution in [0, 0.1) is 11.7 Å². The van der Waals surface area contributed by atoms with Gasteiger partial charge in [0.25, 0.3) is 0 Å². The Hall–Kier alpha value is -1.46. The van der Waals surface area contributed by atoms with Crippen LogP contribution in [0.5, 0.6) is 0 Å². The van der Waals surface area contributed by atoms with Crippen molar-refractivity contribution in [2.24, 2.45) is 5.92 Å². The van der Waals surface area contributed by atoms with Gasteiger partial charge in [-0.3, -0.25) is 14.5 Å². The number of nitrogens with zero attached hydrogens (tertiary/aromatic N) is 1. The van der Waals surface area contributed by atoms with Crippen LogP contribution in [0.2, 0.25) is 5.02 Å². The Labute approximate surface area is 140 Å². The van der Waals surface area contributed by atoms with Gasteiger partial charge in [0.2, 0.25) is 0 Å². The second-order valence-electron chi connectivity index (χ2n) is 5.83. The predicted molar refractivity (Wildman–Crippen MR) is 85.8 cm³/mol. The van der Waals surface area contributed by atoms with Gasteiger partial charge < -0.3 is 4.74 Å². The van der Waals surface area contributed by atoms with Gasteiger partial charge in [0.05, 0.1) is 6.61 Å². The molecule has 0 aromatic heterocycles. The molecular formula is C17H21ClFNO3. The third kappa shape index (κ3) is 4.52. The number of benzene rings is 1. The largest absolute Gasteiger partial charge is 0.466 e. The van der Waals surface area contributed by atoms with E-state index < -0.39 is 5.97 Å². The van der Waals surface area contributed by atoms with Gasteiger partial charge in [0.1, 0.15) is 18.0 Å². The molecule has 2 atom stereocenters. The highest BCUT2D eigenvalue weighted by molar-refractivity contribution is 6.31. The van der Waals surface area contributed by atoms with E-state index in [-0.39, 0.29) is 36.6 Å². The monoisotopic (exact) mass is 341 g/mol. The van der Waals surface area contributed by atoms with Crippen molar-refractivity contribution in [2.75, 3.05) is 20.2 Å². The minimum absolute atomic E-state index is 0.0620. The normalized spacial score (nSPS) is 21.9. The number of piperidine rings is 1. The van der Waals surface area contributed by atoms with Crippen LogP contribution in [0.15, 0.2) is 18.2 Å². The Bertz CT molecular complexity index is 593. The molecule has 0 saturated carbocycles. The molecule has 126 valence electrons. The van der Waals surface area contributed by atoms with Crippen molar-refractivity contribution >= 4 is 23.4 Å². The maximum Gasteiger partial charge on any atom is 0.313 e. The highest BCUT2D eigenvalue weighted by atomic mass is 35.5. The zero-order valence-corrected chi connectivity index (χ0v) is 14.1. The molecule has 6 heteroatoms. The van der Waals surface area contributed by atoms with Crippen molar-refractivity contribution in [3.05, 3.63) is 34.6 Å². The second-order valence-corrected chi connectivity index (χ2v) is 6.24. The Morgan fingerprint density at radius 3 is 2.83 bits per heavy atom. The van der Waals surface area contributed by atoms with Crippen molar-refractivity contribution in [1.82, 2.24) is 4.90 Å². The van der Waals surface area contributed by atoms with E-state index in [4.69, 9.17) is 16.3 Å². The van der Waals surface area contributed by atoms with Crippen LogP contribution < -0.4 is 0 Å². The third-order valence-corrected chi connectivity index (χ3v) is 4.60. The van der Waals surface area contributed by atoms with Crippen LogP contribution in [0.1, 0.15) is 37.8 Å². The number of carbonyl (C=O) groups excluding carboxylic acids is 2. The second kappa shape index (κ2) is 7.88. The lowest BCUT2D eigenvalue weighted by Gasteiger charge is -2.37. The Morgan fingerprint density at radius 1 is 1.43 bits per heavy atom. The first kappa shape index (κ1) is 17.9. The number of rotatable bonds is 5. The molecular weight excluding hydrogens is 321 g/mol. The zero-order chi connectivity index (χ0) is 17.0. The van der Waals surface area contributed by atoms with Crippen molar-refractivity contribution in [1.29, 1.82) is 0 Å².